The van der Waals surface area contributed by atoms with Gasteiger partial charge in [0.15, 0.2) is 0 Å². The molecule has 0 bridgehead atoms. The Morgan fingerprint density at radius 1 is 1.25 bits per heavy atom. The van der Waals surface area contributed by atoms with E-state index in [4.69, 9.17) is 4.74 Å². The highest BCUT2D eigenvalue weighted by molar-refractivity contribution is 5.94. The van der Waals surface area contributed by atoms with Crippen molar-refractivity contribution >= 4 is 11.7 Å². The van der Waals surface area contributed by atoms with E-state index < -0.39 is 0 Å². The van der Waals surface area contributed by atoms with Gasteiger partial charge in [-0.3, -0.25) is 4.79 Å². The first-order chi connectivity index (χ1) is 13.6. The van der Waals surface area contributed by atoms with Gasteiger partial charge in [-0.15, -0.1) is 0 Å². The number of aromatic hydroxyl groups is 1. The maximum absolute atomic E-state index is 12.1. The molecule has 1 aliphatic carbocycles. The molecule has 1 aromatic carbocycles. The first-order valence-corrected chi connectivity index (χ1v) is 9.73. The van der Waals surface area contributed by atoms with Crippen LogP contribution in [0.5, 0.6) is 11.5 Å². The molecule has 2 aliphatic rings. The predicted octanol–water partition coefficient (Wildman–Crippen LogP) is 2.06. The monoisotopic (exact) mass is 382 g/mol. The van der Waals surface area contributed by atoms with Gasteiger partial charge in [0.25, 0.3) is 5.91 Å². The number of nitrogens with zero attached hydrogens (tertiary/aromatic N) is 2. The number of hydrogen-bond donors (Lipinski definition) is 3. The van der Waals surface area contributed by atoms with Gasteiger partial charge in [-0.25, -0.2) is 4.98 Å². The first kappa shape index (κ1) is 18.6. The summed E-state index contributed by atoms with van der Waals surface area (Å²) in [5, 5.41) is 16.5. The normalized spacial score (nSPS) is 18.9. The van der Waals surface area contributed by atoms with Gasteiger partial charge in [0.1, 0.15) is 17.3 Å². The smallest absolute Gasteiger partial charge is 0.253 e. The van der Waals surface area contributed by atoms with Crippen molar-refractivity contribution in [3.05, 3.63) is 47.7 Å². The summed E-state index contributed by atoms with van der Waals surface area (Å²) in [6, 6.07) is 9.67. The molecule has 2 aromatic rings. The summed E-state index contributed by atoms with van der Waals surface area (Å²) in [5.41, 5.74) is 1.43. The molecular formula is C21H26N4O3. The molecule has 1 saturated carbocycles. The predicted molar refractivity (Wildman–Crippen MR) is 107 cm³/mol. The highest BCUT2D eigenvalue weighted by atomic mass is 16.5. The van der Waals surface area contributed by atoms with Crippen LogP contribution >= 0.6 is 0 Å². The van der Waals surface area contributed by atoms with Crippen molar-refractivity contribution in [1.82, 2.24) is 15.6 Å². The quantitative estimate of drug-likeness (QED) is 0.680. The SMILES string of the molecule is COc1ccc(O)c(CN[C@@H]2CCN(c3ccc(C(=O)NC4CC4)cn3)C2)c1. The number of ether oxygens (including phenoxy) is 1. The summed E-state index contributed by atoms with van der Waals surface area (Å²) in [6.45, 7) is 2.32. The number of rotatable bonds is 7. The Hall–Kier alpha value is -2.80. The number of benzene rings is 1. The molecule has 0 radical (unpaired) electrons. The van der Waals surface area contributed by atoms with Crippen LogP contribution in [0.3, 0.4) is 0 Å². The average molecular weight is 382 g/mol. The molecule has 0 unspecified atom stereocenters. The number of nitrogens with one attached hydrogen (secondary N) is 2. The topological polar surface area (TPSA) is 86.7 Å². The Bertz CT molecular complexity index is 836. The van der Waals surface area contributed by atoms with E-state index in [1.807, 2.05) is 18.2 Å². The maximum Gasteiger partial charge on any atom is 0.253 e. The van der Waals surface area contributed by atoms with Crippen LogP contribution in [-0.2, 0) is 6.54 Å². The van der Waals surface area contributed by atoms with Crippen LogP contribution in [-0.4, -0.2) is 48.3 Å². The minimum atomic E-state index is -0.0411. The van der Waals surface area contributed by atoms with E-state index in [0.717, 1.165) is 49.5 Å². The molecule has 1 aliphatic heterocycles. The third-order valence-corrected chi connectivity index (χ3v) is 5.30. The summed E-state index contributed by atoms with van der Waals surface area (Å²) in [7, 11) is 1.62. The second-order valence-corrected chi connectivity index (χ2v) is 7.46. The molecule has 1 amide bonds. The molecule has 0 spiro atoms. The van der Waals surface area contributed by atoms with Crippen LogP contribution in [0.2, 0.25) is 0 Å². The molecule has 1 aromatic heterocycles. The van der Waals surface area contributed by atoms with Crippen molar-refractivity contribution < 1.29 is 14.6 Å². The van der Waals surface area contributed by atoms with Gasteiger partial charge in [0.2, 0.25) is 0 Å². The second-order valence-electron chi connectivity index (χ2n) is 7.46. The van der Waals surface area contributed by atoms with Crippen molar-refractivity contribution in [2.45, 2.75) is 37.9 Å². The zero-order valence-electron chi connectivity index (χ0n) is 16.0. The van der Waals surface area contributed by atoms with Gasteiger partial charge in [0.05, 0.1) is 12.7 Å². The van der Waals surface area contributed by atoms with Crippen LogP contribution < -0.4 is 20.3 Å². The minimum Gasteiger partial charge on any atom is -0.508 e. The lowest BCUT2D eigenvalue weighted by Crippen LogP contribution is -2.32. The summed E-state index contributed by atoms with van der Waals surface area (Å²) >= 11 is 0. The molecule has 4 rings (SSSR count). The molecule has 7 heteroatoms. The van der Waals surface area contributed by atoms with Crippen molar-refractivity contribution in [2.75, 3.05) is 25.1 Å². The highest BCUT2D eigenvalue weighted by Crippen LogP contribution is 2.24. The van der Waals surface area contributed by atoms with Crippen molar-refractivity contribution in [1.29, 1.82) is 0 Å². The molecule has 1 saturated heterocycles. The van der Waals surface area contributed by atoms with E-state index in [1.54, 1.807) is 25.4 Å². The Labute approximate surface area is 164 Å². The van der Waals surface area contributed by atoms with Gasteiger partial charge in [-0.1, -0.05) is 0 Å². The lowest BCUT2D eigenvalue weighted by molar-refractivity contribution is 0.0950. The number of methoxy groups -OCH3 is 1. The van der Waals surface area contributed by atoms with Gasteiger partial charge in [-0.2, -0.15) is 0 Å². The maximum atomic E-state index is 12.1. The molecule has 2 heterocycles. The minimum absolute atomic E-state index is 0.0411. The Morgan fingerprint density at radius 3 is 2.82 bits per heavy atom. The highest BCUT2D eigenvalue weighted by Gasteiger charge is 2.25. The summed E-state index contributed by atoms with van der Waals surface area (Å²) < 4.78 is 5.22. The molecule has 2 fully saturated rings. The van der Waals surface area contributed by atoms with E-state index in [9.17, 15) is 9.90 Å². The van der Waals surface area contributed by atoms with Gasteiger partial charge in [0, 0.05) is 43.5 Å². The van der Waals surface area contributed by atoms with E-state index in [1.165, 1.54) is 0 Å². The van der Waals surface area contributed by atoms with Crippen molar-refractivity contribution in [3.8, 4) is 11.5 Å². The number of phenolic OH excluding ortho intramolecular Hbond substituents is 1. The molecule has 3 N–H and O–H groups in total. The molecular weight excluding hydrogens is 356 g/mol. The number of phenols is 1. The van der Waals surface area contributed by atoms with Crippen LogP contribution in [0.15, 0.2) is 36.5 Å². The number of anilines is 1. The van der Waals surface area contributed by atoms with Crippen LogP contribution in [0.4, 0.5) is 5.82 Å². The molecule has 1 atom stereocenters. The van der Waals surface area contributed by atoms with Gasteiger partial charge >= 0.3 is 0 Å². The van der Waals surface area contributed by atoms with Gasteiger partial charge < -0.3 is 25.4 Å². The Balaban J connectivity index is 1.30. The summed E-state index contributed by atoms with van der Waals surface area (Å²) in [5.74, 6) is 1.85. The largest absolute Gasteiger partial charge is 0.508 e. The van der Waals surface area contributed by atoms with Crippen molar-refractivity contribution in [3.63, 3.8) is 0 Å². The number of aromatic nitrogens is 1. The first-order valence-electron chi connectivity index (χ1n) is 9.73. The lowest BCUT2D eigenvalue weighted by atomic mass is 10.1. The number of carbonyl (C=O) groups is 1. The van der Waals surface area contributed by atoms with Crippen molar-refractivity contribution in [2.24, 2.45) is 0 Å². The fourth-order valence-electron chi connectivity index (χ4n) is 3.42. The van der Waals surface area contributed by atoms with E-state index in [-0.39, 0.29) is 11.7 Å². The molecule has 7 nitrogen and oxygen atoms in total. The fourth-order valence-corrected chi connectivity index (χ4v) is 3.42. The third kappa shape index (κ3) is 4.36. The lowest BCUT2D eigenvalue weighted by Gasteiger charge is -2.18. The molecule has 28 heavy (non-hydrogen) atoms. The van der Waals surface area contributed by atoms with Crippen LogP contribution in [0.1, 0.15) is 35.2 Å². The fraction of sp³-hybridized carbons (Fsp3) is 0.429. The number of amides is 1. The average Bonchev–Trinajstić information content (AvgIpc) is 3.41. The van der Waals surface area contributed by atoms with Crippen LogP contribution in [0.25, 0.3) is 0 Å². The number of hydrogen-bond acceptors (Lipinski definition) is 6. The molecule has 148 valence electrons. The number of carbonyl (C=O) groups excluding carboxylic acids is 1. The Kier molecular flexibility index (Phi) is 5.34. The number of pyridine rings is 1. The van der Waals surface area contributed by atoms with E-state index >= 15 is 0 Å². The second kappa shape index (κ2) is 8.06. The van der Waals surface area contributed by atoms with Gasteiger partial charge in [-0.05, 0) is 49.6 Å². The summed E-state index contributed by atoms with van der Waals surface area (Å²) in [6.07, 6.45) is 4.80. The standard InChI is InChI=1S/C21H26N4O3/c1-28-18-5-6-19(26)15(10-18)12-22-17-8-9-25(13-17)20-7-2-14(11-23-20)21(27)24-16-3-4-16/h2,5-7,10-11,16-17,22,26H,3-4,8-9,12-13H2,1H3,(H,24,27)/t17-/m1/s1. The zero-order valence-corrected chi connectivity index (χ0v) is 16.0. The van der Waals surface area contributed by atoms with Crippen LogP contribution in [0, 0.1) is 0 Å². The van der Waals surface area contributed by atoms with E-state index in [2.05, 4.69) is 20.5 Å². The van der Waals surface area contributed by atoms with E-state index in [0.29, 0.717) is 24.2 Å². The third-order valence-electron chi connectivity index (χ3n) is 5.30. The zero-order chi connectivity index (χ0) is 19.5. The summed E-state index contributed by atoms with van der Waals surface area (Å²) in [4.78, 5) is 18.8. The Morgan fingerprint density at radius 2 is 2.11 bits per heavy atom.